The van der Waals surface area contributed by atoms with Gasteiger partial charge in [0, 0.05) is 65.8 Å². The van der Waals surface area contributed by atoms with Crippen molar-refractivity contribution in [2.45, 2.75) is 5.41 Å². The van der Waals surface area contributed by atoms with Crippen LogP contribution in [0.4, 0.5) is 5.69 Å². The number of aromatic nitrogens is 4. The van der Waals surface area contributed by atoms with Crippen LogP contribution in [0, 0.1) is 6.57 Å². The Bertz CT molecular complexity index is 8350. The number of hydrogen-bond acceptors (Lipinski definition) is 0. The number of benzene rings is 20. The molecule has 24 aromatic rings. The second-order valence-electron chi connectivity index (χ2n) is 33.6. The van der Waals surface area contributed by atoms with E-state index in [0.29, 0.717) is 5.69 Å². The van der Waals surface area contributed by atoms with Crippen LogP contribution >= 0.6 is 0 Å². The molecule has 0 saturated heterocycles. The summed E-state index contributed by atoms with van der Waals surface area (Å²) < 4.78 is 9.51. The average Bonchev–Trinajstić information content (AvgIpc) is 1.54. The van der Waals surface area contributed by atoms with Gasteiger partial charge < -0.3 is 18.3 Å². The third-order valence-corrected chi connectivity index (χ3v) is 31.6. The molecule has 4 heterocycles. The zero-order valence-electron chi connectivity index (χ0n) is 70.0. The standard InChI is InChI=1S/C66H46N2Si.C56H35N3/c1-5-22-53(23-6-1)67-63-33-15-13-31-59(63)61-45-51(37-41-65(61)67)52-38-42-66-62(46-52)60-32-14-16-34-64(60)68(66)54-39-35-47(36-40-54)48-19-17-20-49(43-48)50-21-18-30-58(44-50)69(55-24-7-2-8-25-55,56-26-9-3-10-27-56)57-28-11-4-12-29-57;1-57-41-19-14-20-42(35-41)58-52-25-12-9-22-45(52)48-33-37(27-31-54(48)58)38-28-32-55-49(34-38)46-23-10-13-26-53(46)59(55)43-29-30-51-47(36-43)44-21-8-11-24-50(44)56(51,39-15-4-2-5-16-39)40-17-6-3-7-18-40/h1-46H;2-36H. The minimum absolute atomic E-state index is 0.433. The highest BCUT2D eigenvalue weighted by Crippen LogP contribution is 2.57. The monoisotopic (exact) mass is 1640 g/mol. The fraction of sp³-hybridized carbons (Fsp3) is 0.00820. The van der Waals surface area contributed by atoms with Gasteiger partial charge in [-0.3, -0.25) is 0 Å². The van der Waals surface area contributed by atoms with Gasteiger partial charge in [0.25, 0.3) is 0 Å². The molecular formula is C122H81N5Si. The van der Waals surface area contributed by atoms with Crippen molar-refractivity contribution in [3.8, 4) is 78.4 Å². The summed E-state index contributed by atoms with van der Waals surface area (Å²) >= 11 is 0. The normalized spacial score (nSPS) is 12.3. The zero-order valence-corrected chi connectivity index (χ0v) is 71.0. The van der Waals surface area contributed by atoms with Gasteiger partial charge >= 0.3 is 0 Å². The fourth-order valence-corrected chi connectivity index (χ4v) is 26.1. The van der Waals surface area contributed by atoms with Crippen LogP contribution in [0.2, 0.25) is 0 Å². The van der Waals surface area contributed by atoms with Gasteiger partial charge in [-0.1, -0.05) is 364 Å². The molecule has 25 rings (SSSR count). The summed E-state index contributed by atoms with van der Waals surface area (Å²) in [6.45, 7) is 7.62. The molecule has 20 aromatic carbocycles. The second-order valence-corrected chi connectivity index (χ2v) is 37.4. The van der Waals surface area contributed by atoms with Crippen molar-refractivity contribution in [3.63, 3.8) is 0 Å². The Hall–Kier alpha value is -16.7. The molecule has 0 aliphatic heterocycles. The van der Waals surface area contributed by atoms with Crippen LogP contribution in [0.25, 0.3) is 170 Å². The van der Waals surface area contributed by atoms with Crippen molar-refractivity contribution in [3.05, 3.63) is 525 Å². The SMILES string of the molecule is [C-]#[N+]c1cccc(-n2c3ccccc3c3cc(-c4ccc5c(c4)c4ccccc4n5-c4ccc5c(c4)-c4ccccc4C5(c4ccccc4)c4ccccc4)ccc32)c1.c1ccc(-n2c3ccccc3c3cc(-c4ccc5c(c4)c4ccccc4n5-c4ccc(-c5cccc(-c6cccc([Si](c7ccccc7)(c7ccccc7)c7ccccc7)c6)c5)cc4)ccc32)cc1. The van der Waals surface area contributed by atoms with Crippen LogP contribution < -0.4 is 20.7 Å². The molecule has 0 unspecified atom stereocenters. The summed E-state index contributed by atoms with van der Waals surface area (Å²) in [7, 11) is -2.67. The molecule has 0 atom stereocenters. The quantitative estimate of drug-likeness (QED) is 0.0589. The zero-order chi connectivity index (χ0) is 84.8. The topological polar surface area (TPSA) is 24.1 Å². The Morgan fingerprint density at radius 3 is 0.945 bits per heavy atom. The average molecular weight is 1650 g/mol. The largest absolute Gasteiger partial charge is 0.311 e. The molecule has 0 radical (unpaired) electrons. The number of nitrogens with zero attached hydrogens (tertiary/aromatic N) is 5. The smallest absolute Gasteiger partial charge is 0.189 e. The molecule has 6 heteroatoms. The van der Waals surface area contributed by atoms with Crippen LogP contribution in [-0.2, 0) is 5.41 Å². The molecule has 0 amide bonds. The molecule has 5 nitrogen and oxygen atoms in total. The molecule has 4 aromatic heterocycles. The molecule has 0 spiro atoms. The number of fused-ring (bicyclic) bond motifs is 15. The lowest BCUT2D eigenvalue weighted by Gasteiger charge is -2.34. The highest BCUT2D eigenvalue weighted by atomic mass is 28.3. The minimum atomic E-state index is -2.67. The van der Waals surface area contributed by atoms with E-state index in [1.807, 2.05) is 18.2 Å². The van der Waals surface area contributed by atoms with Crippen molar-refractivity contribution in [2.24, 2.45) is 0 Å². The lowest BCUT2D eigenvalue weighted by atomic mass is 9.68. The minimum Gasteiger partial charge on any atom is -0.311 e. The van der Waals surface area contributed by atoms with Crippen molar-refractivity contribution in [1.29, 1.82) is 0 Å². The van der Waals surface area contributed by atoms with E-state index in [0.717, 1.165) is 28.1 Å². The van der Waals surface area contributed by atoms with Gasteiger partial charge in [-0.05, 0) is 226 Å². The van der Waals surface area contributed by atoms with Gasteiger partial charge in [-0.15, -0.1) is 0 Å². The van der Waals surface area contributed by atoms with E-state index in [-0.39, 0.29) is 0 Å². The van der Waals surface area contributed by atoms with Crippen LogP contribution in [0.15, 0.2) is 491 Å². The van der Waals surface area contributed by atoms with Crippen molar-refractivity contribution < 1.29 is 0 Å². The molecule has 128 heavy (non-hydrogen) atoms. The van der Waals surface area contributed by atoms with E-state index in [1.54, 1.807) is 0 Å². The first-order valence-corrected chi connectivity index (χ1v) is 46.0. The van der Waals surface area contributed by atoms with Gasteiger partial charge in [-0.25, -0.2) is 4.85 Å². The summed E-state index contributed by atoms with van der Waals surface area (Å²) in [5.74, 6) is 0. The van der Waals surface area contributed by atoms with Gasteiger partial charge in [0.1, 0.15) is 0 Å². The Morgan fingerprint density at radius 1 is 0.188 bits per heavy atom. The Kier molecular flexibility index (Phi) is 18.2. The number of hydrogen-bond donors (Lipinski definition) is 0. The van der Waals surface area contributed by atoms with E-state index < -0.39 is 13.5 Å². The lowest BCUT2D eigenvalue weighted by Crippen LogP contribution is -2.74. The van der Waals surface area contributed by atoms with E-state index in [4.69, 9.17) is 6.57 Å². The van der Waals surface area contributed by atoms with Crippen molar-refractivity contribution in [1.82, 2.24) is 18.3 Å². The fourth-order valence-electron chi connectivity index (χ4n) is 21.3. The molecule has 0 N–H and O–H groups in total. The third-order valence-electron chi connectivity index (χ3n) is 26.9. The van der Waals surface area contributed by atoms with Crippen molar-refractivity contribution >= 4 is 122 Å². The summed E-state index contributed by atoms with van der Waals surface area (Å²) in [6.07, 6.45) is 0. The van der Waals surface area contributed by atoms with Crippen LogP contribution in [0.3, 0.4) is 0 Å². The summed E-state index contributed by atoms with van der Waals surface area (Å²) in [5.41, 5.74) is 31.3. The maximum atomic E-state index is 7.62. The molecule has 0 bridgehead atoms. The summed E-state index contributed by atoms with van der Waals surface area (Å²) in [5, 5.41) is 15.3. The number of rotatable bonds is 14. The van der Waals surface area contributed by atoms with Crippen LogP contribution in [-0.4, -0.2) is 26.3 Å². The van der Waals surface area contributed by atoms with Gasteiger partial charge in [0.15, 0.2) is 13.8 Å². The molecule has 1 aliphatic carbocycles. The Balaban J connectivity index is 0.000000144. The summed E-state index contributed by atoms with van der Waals surface area (Å²) in [4.78, 5) is 3.71. The predicted molar refractivity (Wildman–Crippen MR) is 539 cm³/mol. The second kappa shape index (κ2) is 31.0. The summed E-state index contributed by atoms with van der Waals surface area (Å²) in [6, 6.07) is 180. The van der Waals surface area contributed by atoms with Gasteiger partial charge in [0.05, 0.1) is 56.1 Å². The third kappa shape index (κ3) is 12.1. The first-order valence-electron chi connectivity index (χ1n) is 44.0. The van der Waals surface area contributed by atoms with Gasteiger partial charge in [0.2, 0.25) is 0 Å². The van der Waals surface area contributed by atoms with Crippen molar-refractivity contribution in [2.75, 3.05) is 0 Å². The van der Waals surface area contributed by atoms with E-state index in [1.165, 1.54) is 181 Å². The number of para-hydroxylation sites is 5. The molecule has 0 fully saturated rings. The van der Waals surface area contributed by atoms with E-state index in [9.17, 15) is 0 Å². The first-order chi connectivity index (χ1) is 63.4. The maximum Gasteiger partial charge on any atom is 0.189 e. The molecular weight excluding hydrogens is 1560 g/mol. The Morgan fingerprint density at radius 2 is 0.492 bits per heavy atom. The predicted octanol–water partition coefficient (Wildman–Crippen LogP) is 28.7. The molecule has 598 valence electrons. The van der Waals surface area contributed by atoms with E-state index >= 15 is 0 Å². The maximum absolute atomic E-state index is 7.62. The lowest BCUT2D eigenvalue weighted by molar-refractivity contribution is 0.768. The van der Waals surface area contributed by atoms with E-state index in [2.05, 4.69) is 496 Å². The Labute approximate surface area is 743 Å². The molecule has 0 saturated carbocycles. The van der Waals surface area contributed by atoms with Crippen LogP contribution in [0.5, 0.6) is 0 Å². The molecule has 1 aliphatic rings. The van der Waals surface area contributed by atoms with Gasteiger partial charge in [-0.2, -0.15) is 0 Å². The highest BCUT2D eigenvalue weighted by molar-refractivity contribution is 7.20. The first kappa shape index (κ1) is 75.1. The highest BCUT2D eigenvalue weighted by Gasteiger charge is 2.47. The van der Waals surface area contributed by atoms with Crippen LogP contribution in [0.1, 0.15) is 22.3 Å².